The maximum absolute atomic E-state index is 9.63. The van der Waals surface area contributed by atoms with E-state index < -0.39 is 24.1 Å². The maximum Gasteiger partial charge on any atom is 1.00 e. The van der Waals surface area contributed by atoms with Gasteiger partial charge in [-0.1, -0.05) is 0 Å². The van der Waals surface area contributed by atoms with E-state index in [0.29, 0.717) is 0 Å². The molecule has 66 valence electrons. The van der Waals surface area contributed by atoms with E-state index in [2.05, 4.69) is 0 Å². The van der Waals surface area contributed by atoms with Crippen LogP contribution in [0.5, 0.6) is 0 Å². The van der Waals surface area contributed by atoms with Crippen molar-refractivity contribution >= 4 is 11.9 Å². The fraction of sp³-hybridized carbons (Fsp3) is 0.500. The molecule has 13 heavy (non-hydrogen) atoms. The van der Waals surface area contributed by atoms with Crippen molar-refractivity contribution in [2.24, 2.45) is 0 Å². The van der Waals surface area contributed by atoms with E-state index in [1.807, 2.05) is 0 Å². The molecule has 0 fully saturated rings. The van der Waals surface area contributed by atoms with Crippen LogP contribution in [0, 0.1) is 0 Å². The van der Waals surface area contributed by atoms with Crippen LogP contribution in [0.1, 0.15) is 0 Å². The smallest absolute Gasteiger partial charge is 0.547 e. The van der Waals surface area contributed by atoms with E-state index in [1.54, 1.807) is 0 Å². The van der Waals surface area contributed by atoms with Crippen molar-refractivity contribution in [1.82, 2.24) is 0 Å². The topological polar surface area (TPSA) is 152 Å². The molecule has 0 saturated heterocycles. The molecule has 7 nitrogen and oxygen atoms in total. The first-order valence-electron chi connectivity index (χ1n) is 2.24. The fourth-order valence-corrected chi connectivity index (χ4v) is 0.258. The van der Waals surface area contributed by atoms with Crippen LogP contribution in [0.25, 0.3) is 0 Å². The van der Waals surface area contributed by atoms with Crippen LogP contribution >= 0.6 is 0 Å². The Bertz CT molecular complexity index is 145. The van der Waals surface area contributed by atoms with Crippen LogP contribution < -0.4 is 87.3 Å². The van der Waals surface area contributed by atoms with E-state index in [0.717, 1.165) is 0 Å². The van der Waals surface area contributed by atoms with Crippen molar-refractivity contribution in [1.29, 1.82) is 0 Å². The Morgan fingerprint density at radius 1 is 1.00 bits per heavy atom. The van der Waals surface area contributed by atoms with Crippen molar-refractivity contribution in [3.8, 4) is 0 Å². The van der Waals surface area contributed by atoms with Gasteiger partial charge in [-0.3, -0.25) is 0 Å². The number of carbonyl (C=O) groups is 2. The van der Waals surface area contributed by atoms with Gasteiger partial charge in [-0.15, -0.1) is 0 Å². The van der Waals surface area contributed by atoms with Gasteiger partial charge in [0, 0.05) is 0 Å². The Morgan fingerprint density at radius 2 is 1.15 bits per heavy atom. The summed E-state index contributed by atoms with van der Waals surface area (Å²) in [7, 11) is 0. The van der Waals surface area contributed by atoms with Crippen LogP contribution in [0.2, 0.25) is 0 Å². The van der Waals surface area contributed by atoms with Gasteiger partial charge in [-0.2, -0.15) is 0 Å². The average molecular weight is 258 g/mol. The number of aliphatic hydroxyl groups is 2. The molecule has 9 heteroatoms. The second-order valence-corrected chi connectivity index (χ2v) is 1.53. The van der Waals surface area contributed by atoms with Crippen LogP contribution in [-0.4, -0.2) is 39.8 Å². The standard InChI is InChI=1S/C4H6O6.Li.H2O.Rb/c5-1(3(7)8)2(6)4(9)10;;;/h1-2,5-6H,(H,7,8)(H,9,10);;1H2;/q;+1;;+1/p-2. The second-order valence-electron chi connectivity index (χ2n) is 1.53. The van der Waals surface area contributed by atoms with Crippen LogP contribution in [-0.2, 0) is 9.59 Å². The molecule has 4 N–H and O–H groups in total. The van der Waals surface area contributed by atoms with Crippen molar-refractivity contribution < 1.29 is 113 Å². The van der Waals surface area contributed by atoms with Gasteiger partial charge in [0.15, 0.2) is 0 Å². The Morgan fingerprint density at radius 3 is 1.23 bits per heavy atom. The summed E-state index contributed by atoms with van der Waals surface area (Å²) < 4.78 is 0. The van der Waals surface area contributed by atoms with E-state index in [1.165, 1.54) is 0 Å². The largest absolute Gasteiger partial charge is 1.00 e. The summed E-state index contributed by atoms with van der Waals surface area (Å²) in [5, 5.41) is 35.7. The van der Waals surface area contributed by atoms with Crippen molar-refractivity contribution in [3.05, 3.63) is 0 Å². The van der Waals surface area contributed by atoms with E-state index in [-0.39, 0.29) is 82.5 Å². The van der Waals surface area contributed by atoms with Gasteiger partial charge in [0.05, 0.1) is 11.9 Å². The number of carbonyl (C=O) groups excluding carboxylic acids is 2. The number of carboxylic acids is 2. The van der Waals surface area contributed by atoms with Crippen LogP contribution in [0.15, 0.2) is 0 Å². The first-order chi connectivity index (χ1) is 4.46. The molecule has 0 bridgehead atoms. The van der Waals surface area contributed by atoms with Gasteiger partial charge in [0.25, 0.3) is 0 Å². The normalized spacial score (nSPS) is 12.2. The summed E-state index contributed by atoms with van der Waals surface area (Å²) in [6.07, 6.45) is -4.88. The van der Waals surface area contributed by atoms with Gasteiger partial charge in [0.2, 0.25) is 0 Å². The summed E-state index contributed by atoms with van der Waals surface area (Å²) in [4.78, 5) is 19.3. The van der Waals surface area contributed by atoms with Crippen LogP contribution in [0.3, 0.4) is 0 Å². The number of hydrogen-bond donors (Lipinski definition) is 2. The van der Waals surface area contributed by atoms with E-state index in [9.17, 15) is 19.8 Å². The molecular formula is C4H6LiO7Rb. The Hall–Kier alpha value is 1.22. The minimum Gasteiger partial charge on any atom is -0.547 e. The molecule has 2 atom stereocenters. The first kappa shape index (κ1) is 23.8. The van der Waals surface area contributed by atoms with Gasteiger partial charge in [-0.05, 0) is 0 Å². The van der Waals surface area contributed by atoms with Gasteiger partial charge >= 0.3 is 77.0 Å². The third kappa shape index (κ3) is 9.53. The minimum absolute atomic E-state index is 0. The van der Waals surface area contributed by atoms with E-state index >= 15 is 0 Å². The molecular weight excluding hydrogens is 252 g/mol. The molecule has 0 aliphatic carbocycles. The molecule has 0 heterocycles. The van der Waals surface area contributed by atoms with Crippen molar-refractivity contribution in [3.63, 3.8) is 0 Å². The molecule has 0 aliphatic rings. The third-order valence-electron chi connectivity index (χ3n) is 0.782. The number of rotatable bonds is 3. The SMILES string of the molecule is O.O=C([O-])C(O)C(O)C(=O)[O-].[Li+].[Rb+]. The number of aliphatic carboxylic acids is 2. The fourth-order valence-electron chi connectivity index (χ4n) is 0.258. The van der Waals surface area contributed by atoms with Crippen molar-refractivity contribution in [2.75, 3.05) is 0 Å². The summed E-state index contributed by atoms with van der Waals surface area (Å²) in [5.74, 6) is -4.12. The quantitative estimate of drug-likeness (QED) is 0.479. The minimum atomic E-state index is -2.44. The van der Waals surface area contributed by atoms with Gasteiger partial charge in [0.1, 0.15) is 12.2 Å². The Kier molecular flexibility index (Phi) is 20.7. The zero-order valence-corrected chi connectivity index (χ0v) is 12.1. The summed E-state index contributed by atoms with van der Waals surface area (Å²) in [6.45, 7) is 0. The number of aliphatic hydroxyl groups excluding tert-OH is 2. The first-order valence-corrected chi connectivity index (χ1v) is 2.24. The predicted octanol–water partition coefficient (Wildman–Crippen LogP) is -11.6. The number of hydrogen-bond acceptors (Lipinski definition) is 6. The molecule has 0 aromatic heterocycles. The molecule has 0 spiro atoms. The summed E-state index contributed by atoms with van der Waals surface area (Å²) >= 11 is 0. The molecule has 0 aromatic carbocycles. The maximum atomic E-state index is 9.63. The van der Waals surface area contributed by atoms with E-state index in [4.69, 9.17) is 10.2 Å². The monoisotopic (exact) mass is 258 g/mol. The molecule has 0 rings (SSSR count). The molecule has 0 aromatic rings. The van der Waals surface area contributed by atoms with Crippen molar-refractivity contribution in [2.45, 2.75) is 12.2 Å². The third-order valence-corrected chi connectivity index (χ3v) is 0.782. The predicted molar refractivity (Wildman–Crippen MR) is 25.6 cm³/mol. The van der Waals surface area contributed by atoms with Gasteiger partial charge in [-0.25, -0.2) is 0 Å². The average Bonchev–Trinajstić information content (AvgIpc) is 1.84. The molecule has 2 unspecified atom stereocenters. The second kappa shape index (κ2) is 11.3. The molecule has 0 aliphatic heterocycles. The zero-order valence-electron chi connectivity index (χ0n) is 7.18. The zero-order chi connectivity index (χ0) is 8.31. The Balaban J connectivity index is -0.000000135. The Labute approximate surface area is 134 Å². The summed E-state index contributed by atoms with van der Waals surface area (Å²) in [6, 6.07) is 0. The van der Waals surface area contributed by atoms with Gasteiger partial charge < -0.3 is 35.5 Å². The number of carboxylic acid groups (broad SMARTS) is 2. The molecule has 0 radical (unpaired) electrons. The molecule has 0 saturated carbocycles. The van der Waals surface area contributed by atoms with Crippen LogP contribution in [0.4, 0.5) is 0 Å². The summed E-state index contributed by atoms with van der Waals surface area (Å²) in [5.41, 5.74) is 0. The molecule has 0 amide bonds.